The molecular formula is C7H7N2O3PS3. The number of hydrogen-bond acceptors (Lipinski definition) is 5. The van der Waals surface area contributed by atoms with Crippen LogP contribution in [0.1, 0.15) is 5.69 Å². The van der Waals surface area contributed by atoms with E-state index in [1.54, 1.807) is 11.6 Å². The van der Waals surface area contributed by atoms with Crippen LogP contribution in [0.4, 0.5) is 0 Å². The summed E-state index contributed by atoms with van der Waals surface area (Å²) in [6, 6.07) is 1.37. The van der Waals surface area contributed by atoms with Gasteiger partial charge in [0.15, 0.2) is 4.96 Å². The Morgan fingerprint density at radius 3 is 3.06 bits per heavy atom. The van der Waals surface area contributed by atoms with Crippen molar-refractivity contribution < 1.29 is 9.79 Å². The smallest absolute Gasteiger partial charge is 0.258 e. The zero-order valence-electron chi connectivity index (χ0n) is 7.81. The van der Waals surface area contributed by atoms with Gasteiger partial charge in [-0.3, -0.25) is 9.20 Å². The summed E-state index contributed by atoms with van der Waals surface area (Å²) in [5.41, 5.74) is -2.95. The molecule has 0 aromatic carbocycles. The van der Waals surface area contributed by atoms with Crippen LogP contribution in [0.2, 0.25) is 0 Å². The summed E-state index contributed by atoms with van der Waals surface area (Å²) in [4.78, 5) is 34.5. The Labute approximate surface area is 104 Å². The number of hydrogen-bond donors (Lipinski definition) is 2. The number of fused-ring (bicyclic) bond motifs is 1. The van der Waals surface area contributed by atoms with Crippen molar-refractivity contribution in [2.24, 2.45) is 0 Å². The van der Waals surface area contributed by atoms with Crippen LogP contribution in [0.25, 0.3) is 4.96 Å². The molecule has 2 aromatic heterocycles. The fourth-order valence-electron chi connectivity index (χ4n) is 1.11. The SMILES string of the molecule is O=c1cc(CSP(O)(O)=S)nc2sccn12. The molecule has 0 aliphatic carbocycles. The highest BCUT2D eigenvalue weighted by Crippen LogP contribution is 2.51. The van der Waals surface area contributed by atoms with Crippen LogP contribution in [-0.4, -0.2) is 19.2 Å². The Morgan fingerprint density at radius 2 is 2.38 bits per heavy atom. The Morgan fingerprint density at radius 1 is 1.62 bits per heavy atom. The summed E-state index contributed by atoms with van der Waals surface area (Å²) in [5.74, 6) is 0.230. The van der Waals surface area contributed by atoms with Gasteiger partial charge in [0.1, 0.15) is 0 Å². The first-order chi connectivity index (χ1) is 7.46. The Hall–Kier alpha value is -0.240. The van der Waals surface area contributed by atoms with Crippen molar-refractivity contribution in [1.82, 2.24) is 9.38 Å². The first-order valence-electron chi connectivity index (χ1n) is 4.11. The second-order valence-corrected chi connectivity index (χ2v) is 9.83. The van der Waals surface area contributed by atoms with Gasteiger partial charge in [-0.1, -0.05) is 11.4 Å². The van der Waals surface area contributed by atoms with E-state index in [0.717, 1.165) is 11.4 Å². The second-order valence-electron chi connectivity index (χ2n) is 2.91. The van der Waals surface area contributed by atoms with Crippen molar-refractivity contribution in [3.8, 4) is 0 Å². The van der Waals surface area contributed by atoms with Crippen molar-refractivity contribution >= 4 is 45.2 Å². The molecule has 2 aromatic rings. The van der Waals surface area contributed by atoms with E-state index in [2.05, 4.69) is 16.8 Å². The maximum Gasteiger partial charge on any atom is 0.258 e. The average molecular weight is 294 g/mol. The third-order valence-electron chi connectivity index (χ3n) is 1.74. The minimum atomic E-state index is -3.29. The first-order valence-corrected chi connectivity index (χ1v) is 9.29. The van der Waals surface area contributed by atoms with E-state index >= 15 is 0 Å². The maximum atomic E-state index is 11.6. The van der Waals surface area contributed by atoms with E-state index < -0.39 is 5.69 Å². The molecule has 0 bridgehead atoms. The molecular weight excluding hydrogens is 287 g/mol. The van der Waals surface area contributed by atoms with Gasteiger partial charge in [0.05, 0.1) is 5.69 Å². The molecule has 2 N–H and O–H groups in total. The molecule has 0 aliphatic rings. The molecule has 0 fully saturated rings. The zero-order chi connectivity index (χ0) is 11.8. The largest absolute Gasteiger partial charge is 0.338 e. The molecule has 0 saturated carbocycles. The number of rotatable bonds is 3. The van der Waals surface area contributed by atoms with Gasteiger partial charge in [0.2, 0.25) is 5.69 Å². The molecule has 5 nitrogen and oxygen atoms in total. The molecule has 0 saturated heterocycles. The van der Waals surface area contributed by atoms with Crippen molar-refractivity contribution in [1.29, 1.82) is 0 Å². The molecule has 0 unspecified atom stereocenters. The van der Waals surface area contributed by atoms with Gasteiger partial charge in [-0.05, 0) is 11.8 Å². The van der Waals surface area contributed by atoms with Gasteiger partial charge in [0, 0.05) is 23.4 Å². The summed E-state index contributed by atoms with van der Waals surface area (Å²) in [5, 5.41) is 1.77. The molecule has 0 amide bonds. The summed E-state index contributed by atoms with van der Waals surface area (Å²) >= 11 is 6.66. The van der Waals surface area contributed by atoms with Crippen LogP contribution in [0, 0.1) is 0 Å². The number of thiazole rings is 1. The lowest BCUT2D eigenvalue weighted by molar-refractivity contribution is 0.502. The highest BCUT2D eigenvalue weighted by atomic mass is 32.9. The number of aromatic nitrogens is 2. The predicted octanol–water partition coefficient (Wildman–Crippen LogP) is 1.20. The highest BCUT2D eigenvalue weighted by Gasteiger charge is 2.10. The lowest BCUT2D eigenvalue weighted by Crippen LogP contribution is -2.12. The third kappa shape index (κ3) is 2.91. The van der Waals surface area contributed by atoms with Gasteiger partial charge in [-0.2, -0.15) is 0 Å². The predicted molar refractivity (Wildman–Crippen MR) is 69.4 cm³/mol. The number of nitrogens with zero attached hydrogens (tertiary/aromatic N) is 2. The van der Waals surface area contributed by atoms with Crippen LogP contribution in [0.3, 0.4) is 0 Å². The molecule has 9 heteroatoms. The standard InChI is InChI=1S/C7H7N2O3PS3/c10-6-3-5(4-16-13(11,12)14)8-7-9(6)1-2-15-7/h1-3H,4H2,(H2,11,12,14). The molecule has 0 atom stereocenters. The molecule has 0 spiro atoms. The Balaban J connectivity index is 2.32. The summed E-state index contributed by atoms with van der Waals surface area (Å²) < 4.78 is 1.44. The van der Waals surface area contributed by atoms with E-state index in [0.29, 0.717) is 10.7 Å². The van der Waals surface area contributed by atoms with Crippen LogP contribution in [0.5, 0.6) is 0 Å². The van der Waals surface area contributed by atoms with E-state index in [9.17, 15) is 4.79 Å². The van der Waals surface area contributed by atoms with E-state index in [1.807, 2.05) is 0 Å². The van der Waals surface area contributed by atoms with Gasteiger partial charge in [0.25, 0.3) is 5.56 Å². The van der Waals surface area contributed by atoms with Crippen LogP contribution >= 0.6 is 28.4 Å². The topological polar surface area (TPSA) is 74.8 Å². The van der Waals surface area contributed by atoms with Crippen LogP contribution < -0.4 is 5.56 Å². The lowest BCUT2D eigenvalue weighted by Gasteiger charge is -2.05. The molecule has 0 radical (unpaired) electrons. The minimum Gasteiger partial charge on any atom is -0.338 e. The van der Waals surface area contributed by atoms with E-state index in [4.69, 9.17) is 9.79 Å². The fourth-order valence-corrected chi connectivity index (χ4v) is 3.67. The van der Waals surface area contributed by atoms with Gasteiger partial charge < -0.3 is 9.79 Å². The van der Waals surface area contributed by atoms with Gasteiger partial charge in [-0.15, -0.1) is 11.3 Å². The normalized spacial score (nSPS) is 12.1. The van der Waals surface area contributed by atoms with Crippen molar-refractivity contribution in [3.05, 3.63) is 33.7 Å². The average Bonchev–Trinajstić information content (AvgIpc) is 2.62. The Bertz CT molecular complexity index is 617. The van der Waals surface area contributed by atoms with Crippen LogP contribution in [0.15, 0.2) is 22.4 Å². The second kappa shape index (κ2) is 4.56. The molecule has 16 heavy (non-hydrogen) atoms. The minimum absolute atomic E-state index is 0.175. The van der Waals surface area contributed by atoms with Gasteiger partial charge >= 0.3 is 0 Å². The van der Waals surface area contributed by atoms with Gasteiger partial charge in [-0.25, -0.2) is 4.98 Å². The summed E-state index contributed by atoms with van der Waals surface area (Å²) in [6.45, 7) is 0. The molecule has 86 valence electrons. The van der Waals surface area contributed by atoms with E-state index in [1.165, 1.54) is 21.8 Å². The maximum absolute atomic E-state index is 11.6. The zero-order valence-corrected chi connectivity index (χ0v) is 11.2. The first kappa shape index (κ1) is 12.2. The van der Waals surface area contributed by atoms with E-state index in [-0.39, 0.29) is 11.3 Å². The third-order valence-corrected chi connectivity index (χ3v) is 5.60. The van der Waals surface area contributed by atoms with Crippen molar-refractivity contribution in [3.63, 3.8) is 0 Å². The molecule has 0 aliphatic heterocycles. The monoisotopic (exact) mass is 294 g/mol. The van der Waals surface area contributed by atoms with Crippen molar-refractivity contribution in [2.45, 2.75) is 5.75 Å². The summed E-state index contributed by atoms with van der Waals surface area (Å²) in [7, 11) is 0. The summed E-state index contributed by atoms with van der Waals surface area (Å²) in [6.07, 6.45) is 1.65. The lowest BCUT2D eigenvalue weighted by atomic mass is 10.4. The Kier molecular flexibility index (Phi) is 3.48. The highest BCUT2D eigenvalue weighted by molar-refractivity contribution is 8.67. The fraction of sp³-hybridized carbons (Fsp3) is 0.143. The quantitative estimate of drug-likeness (QED) is 0.829. The molecule has 2 rings (SSSR count). The van der Waals surface area contributed by atoms with Crippen molar-refractivity contribution in [2.75, 3.05) is 0 Å². The van der Waals surface area contributed by atoms with Crippen LogP contribution in [-0.2, 0) is 17.6 Å². The molecule has 2 heterocycles.